The van der Waals surface area contributed by atoms with Gasteiger partial charge in [-0.2, -0.15) is 0 Å². The second-order valence-corrected chi connectivity index (χ2v) is 3.78. The van der Waals surface area contributed by atoms with Gasteiger partial charge in [0.05, 0.1) is 12.7 Å². The van der Waals surface area contributed by atoms with Crippen LogP contribution in [0, 0.1) is 0 Å². The van der Waals surface area contributed by atoms with Crippen molar-refractivity contribution in [1.29, 1.82) is 0 Å². The average molecular weight is 206 g/mol. The molecule has 0 spiro atoms. The summed E-state index contributed by atoms with van der Waals surface area (Å²) in [6.07, 6.45) is 1.31. The summed E-state index contributed by atoms with van der Waals surface area (Å²) < 4.78 is 5.59. The molecular formula is C13H18O2. The zero-order chi connectivity index (χ0) is 11.3. The predicted molar refractivity (Wildman–Crippen MR) is 61.0 cm³/mol. The summed E-state index contributed by atoms with van der Waals surface area (Å²) in [5.74, 6) is 0.101. The van der Waals surface area contributed by atoms with E-state index in [0.29, 0.717) is 6.61 Å². The predicted octanol–water partition coefficient (Wildman–Crippen LogP) is 3.20. The molecule has 1 aromatic rings. The summed E-state index contributed by atoms with van der Waals surface area (Å²) in [6.45, 7) is 6.35. The van der Waals surface area contributed by atoms with Crippen molar-refractivity contribution in [2.75, 3.05) is 0 Å². The minimum absolute atomic E-state index is 0.101. The van der Waals surface area contributed by atoms with Crippen molar-refractivity contribution in [1.82, 2.24) is 0 Å². The molecule has 0 N–H and O–H groups in total. The molecule has 0 bridgehead atoms. The van der Waals surface area contributed by atoms with E-state index in [9.17, 15) is 4.79 Å². The van der Waals surface area contributed by atoms with Gasteiger partial charge >= 0.3 is 0 Å². The minimum atomic E-state index is 0.101. The molecule has 0 radical (unpaired) electrons. The summed E-state index contributed by atoms with van der Waals surface area (Å²) in [5.41, 5.74) is 1.86. The van der Waals surface area contributed by atoms with Crippen LogP contribution < -0.4 is 0 Å². The lowest BCUT2D eigenvalue weighted by Gasteiger charge is -2.10. The van der Waals surface area contributed by atoms with E-state index < -0.39 is 0 Å². The van der Waals surface area contributed by atoms with Gasteiger partial charge in [0.25, 0.3) is 0 Å². The topological polar surface area (TPSA) is 26.3 Å². The molecule has 1 rings (SSSR count). The van der Waals surface area contributed by atoms with Gasteiger partial charge in [0, 0.05) is 5.56 Å². The van der Waals surface area contributed by atoms with Gasteiger partial charge in [0.1, 0.15) is 0 Å². The van der Waals surface area contributed by atoms with Gasteiger partial charge in [-0.1, -0.05) is 31.2 Å². The van der Waals surface area contributed by atoms with Crippen molar-refractivity contribution >= 4 is 5.78 Å². The molecule has 15 heavy (non-hydrogen) atoms. The van der Waals surface area contributed by atoms with Crippen LogP contribution in [0.1, 0.15) is 43.1 Å². The van der Waals surface area contributed by atoms with Gasteiger partial charge in [-0.3, -0.25) is 4.79 Å². The summed E-state index contributed by atoms with van der Waals surface area (Å²) in [4.78, 5) is 11.0. The van der Waals surface area contributed by atoms with Crippen molar-refractivity contribution < 1.29 is 9.53 Å². The van der Waals surface area contributed by atoms with Crippen LogP contribution >= 0.6 is 0 Å². The van der Waals surface area contributed by atoms with Crippen molar-refractivity contribution in [3.63, 3.8) is 0 Å². The first-order valence-corrected chi connectivity index (χ1v) is 5.35. The van der Waals surface area contributed by atoms with Crippen molar-refractivity contribution in [2.45, 2.75) is 39.9 Å². The molecule has 0 saturated carbocycles. The summed E-state index contributed by atoms with van der Waals surface area (Å²) in [6, 6.07) is 7.58. The molecule has 0 fully saturated rings. The normalized spacial score (nSPS) is 12.5. The number of rotatable bonds is 5. The first kappa shape index (κ1) is 11.9. The molecule has 0 saturated heterocycles. The third-order valence-electron chi connectivity index (χ3n) is 2.47. The highest BCUT2D eigenvalue weighted by Gasteiger charge is 2.01. The highest BCUT2D eigenvalue weighted by Crippen LogP contribution is 2.08. The molecule has 0 aromatic heterocycles. The molecule has 0 amide bonds. The Morgan fingerprint density at radius 1 is 1.33 bits per heavy atom. The highest BCUT2D eigenvalue weighted by molar-refractivity contribution is 5.93. The fourth-order valence-electron chi connectivity index (χ4n) is 1.19. The first-order valence-electron chi connectivity index (χ1n) is 5.35. The van der Waals surface area contributed by atoms with Gasteiger partial charge in [-0.15, -0.1) is 0 Å². The lowest BCUT2D eigenvalue weighted by atomic mass is 10.1. The fourth-order valence-corrected chi connectivity index (χ4v) is 1.19. The van der Waals surface area contributed by atoms with Crippen LogP contribution in [-0.4, -0.2) is 11.9 Å². The van der Waals surface area contributed by atoms with Gasteiger partial charge < -0.3 is 4.74 Å². The molecule has 0 aliphatic carbocycles. The summed E-state index contributed by atoms with van der Waals surface area (Å²) in [7, 11) is 0. The molecular weight excluding hydrogens is 188 g/mol. The Bertz CT molecular complexity index is 314. The van der Waals surface area contributed by atoms with Crippen LogP contribution in [0.4, 0.5) is 0 Å². The number of carbonyl (C=O) groups excluding carboxylic acids is 1. The molecule has 0 heterocycles. The molecule has 0 unspecified atom stereocenters. The quantitative estimate of drug-likeness (QED) is 0.691. The minimum Gasteiger partial charge on any atom is -0.374 e. The molecule has 82 valence electrons. The number of ketones is 1. The van der Waals surface area contributed by atoms with E-state index in [2.05, 4.69) is 13.8 Å². The Morgan fingerprint density at radius 3 is 2.40 bits per heavy atom. The number of hydrogen-bond donors (Lipinski definition) is 0. The number of carbonyl (C=O) groups is 1. The van der Waals surface area contributed by atoms with E-state index >= 15 is 0 Å². The number of ether oxygens (including phenoxy) is 1. The zero-order valence-corrected chi connectivity index (χ0v) is 9.62. The maximum Gasteiger partial charge on any atom is 0.159 e. The van der Waals surface area contributed by atoms with Gasteiger partial charge in [0.2, 0.25) is 0 Å². The van der Waals surface area contributed by atoms with Crippen LogP contribution in [0.15, 0.2) is 24.3 Å². The lowest BCUT2D eigenvalue weighted by Crippen LogP contribution is -2.06. The monoisotopic (exact) mass is 206 g/mol. The fraction of sp³-hybridized carbons (Fsp3) is 0.462. The Kier molecular flexibility index (Phi) is 4.50. The number of hydrogen-bond acceptors (Lipinski definition) is 2. The van der Waals surface area contributed by atoms with Crippen molar-refractivity contribution in [3.8, 4) is 0 Å². The van der Waals surface area contributed by atoms with Crippen molar-refractivity contribution in [3.05, 3.63) is 35.4 Å². The second kappa shape index (κ2) is 5.66. The molecule has 2 heteroatoms. The number of Topliss-reactive ketones (excluding diaryl/α,β-unsaturated/α-hetero) is 1. The Balaban J connectivity index is 2.53. The lowest BCUT2D eigenvalue weighted by molar-refractivity contribution is 0.0508. The van der Waals surface area contributed by atoms with Crippen LogP contribution in [0.5, 0.6) is 0 Å². The van der Waals surface area contributed by atoms with Crippen LogP contribution in [-0.2, 0) is 11.3 Å². The van der Waals surface area contributed by atoms with E-state index in [1.165, 1.54) is 0 Å². The number of benzene rings is 1. The van der Waals surface area contributed by atoms with E-state index in [1.54, 1.807) is 6.92 Å². The first-order chi connectivity index (χ1) is 7.13. The summed E-state index contributed by atoms with van der Waals surface area (Å²) in [5, 5.41) is 0. The van der Waals surface area contributed by atoms with Crippen molar-refractivity contribution in [2.24, 2.45) is 0 Å². The average Bonchev–Trinajstić information content (AvgIpc) is 2.26. The smallest absolute Gasteiger partial charge is 0.159 e. The van der Waals surface area contributed by atoms with Crippen LogP contribution in [0.25, 0.3) is 0 Å². The van der Waals surface area contributed by atoms with Gasteiger partial charge in [-0.05, 0) is 25.8 Å². The standard InChI is InChI=1S/C13H18O2/c1-4-10(2)15-9-12-5-7-13(8-6-12)11(3)14/h5-8,10H,4,9H2,1-3H3/t10-/m0/s1. The molecule has 1 aromatic carbocycles. The molecule has 0 aliphatic rings. The van der Waals surface area contributed by atoms with E-state index in [1.807, 2.05) is 24.3 Å². The second-order valence-electron chi connectivity index (χ2n) is 3.78. The largest absolute Gasteiger partial charge is 0.374 e. The maximum absolute atomic E-state index is 11.0. The molecule has 1 atom stereocenters. The highest BCUT2D eigenvalue weighted by atomic mass is 16.5. The van der Waals surface area contributed by atoms with E-state index in [-0.39, 0.29) is 11.9 Å². The Hall–Kier alpha value is -1.15. The van der Waals surface area contributed by atoms with Gasteiger partial charge in [0.15, 0.2) is 5.78 Å². The third-order valence-corrected chi connectivity index (χ3v) is 2.47. The van der Waals surface area contributed by atoms with E-state index in [0.717, 1.165) is 17.5 Å². The van der Waals surface area contributed by atoms with Gasteiger partial charge in [-0.25, -0.2) is 0 Å². The van der Waals surface area contributed by atoms with E-state index in [4.69, 9.17) is 4.74 Å². The molecule has 0 aliphatic heterocycles. The maximum atomic E-state index is 11.0. The SMILES string of the molecule is CC[C@H](C)OCc1ccc(C(C)=O)cc1. The van der Waals surface area contributed by atoms with Crippen LogP contribution in [0.2, 0.25) is 0 Å². The summed E-state index contributed by atoms with van der Waals surface area (Å²) >= 11 is 0. The molecule has 2 nitrogen and oxygen atoms in total. The Morgan fingerprint density at radius 2 is 1.93 bits per heavy atom. The van der Waals surface area contributed by atoms with Crippen LogP contribution in [0.3, 0.4) is 0 Å². The zero-order valence-electron chi connectivity index (χ0n) is 9.62. The third kappa shape index (κ3) is 3.84. The Labute approximate surface area is 91.3 Å².